The van der Waals surface area contributed by atoms with E-state index in [0.29, 0.717) is 23.5 Å². The molecule has 0 bridgehead atoms. The molecule has 0 aliphatic heterocycles. The van der Waals surface area contributed by atoms with E-state index < -0.39 is 11.2 Å². The minimum atomic E-state index is -4.42. The van der Waals surface area contributed by atoms with Gasteiger partial charge in [0.05, 0.1) is 17.9 Å². The summed E-state index contributed by atoms with van der Waals surface area (Å²) in [6.45, 7) is 0.152. The number of phenolic OH excluding ortho intramolecular Hbond substituents is 1. The Morgan fingerprint density at radius 1 is 1.08 bits per heavy atom. The van der Waals surface area contributed by atoms with Gasteiger partial charge in [-0.15, -0.1) is 16.4 Å². The molecule has 0 unspecified atom stereocenters. The van der Waals surface area contributed by atoms with Crippen molar-refractivity contribution in [2.75, 3.05) is 0 Å². The first-order chi connectivity index (χ1) is 11.4. The zero-order chi connectivity index (χ0) is 17.2. The summed E-state index contributed by atoms with van der Waals surface area (Å²) >= 11 is 0.573. The summed E-state index contributed by atoms with van der Waals surface area (Å²) in [7, 11) is 0. The molecule has 0 aliphatic rings. The number of phenols is 1. The molecule has 2 aromatic heterocycles. The summed E-state index contributed by atoms with van der Waals surface area (Å²) in [5.41, 5.74) is 2.10. The lowest BCUT2D eigenvalue weighted by atomic mass is 10.1. The van der Waals surface area contributed by atoms with Gasteiger partial charge in [-0.2, -0.15) is 13.2 Å². The number of nitrogens with zero attached hydrogens (tertiary/aromatic N) is 4. The van der Waals surface area contributed by atoms with E-state index in [9.17, 15) is 18.3 Å². The van der Waals surface area contributed by atoms with Gasteiger partial charge in [0.2, 0.25) is 0 Å². The van der Waals surface area contributed by atoms with Crippen LogP contribution in [0.3, 0.4) is 0 Å². The van der Waals surface area contributed by atoms with Crippen LogP contribution >= 0.6 is 11.3 Å². The summed E-state index contributed by atoms with van der Waals surface area (Å²) in [5.74, 6) is 0.214. The number of thiazole rings is 1. The Balaban J connectivity index is 1.59. The monoisotopic (exact) mass is 354 g/mol. The van der Waals surface area contributed by atoms with Gasteiger partial charge in [0.15, 0.2) is 5.01 Å². The van der Waals surface area contributed by atoms with Crippen LogP contribution in [0.15, 0.2) is 35.8 Å². The van der Waals surface area contributed by atoms with E-state index in [0.717, 1.165) is 17.7 Å². The average molecular weight is 354 g/mol. The first kappa shape index (κ1) is 16.4. The number of hydrogen-bond acceptors (Lipinski definition) is 5. The minimum absolute atomic E-state index is 0.152. The summed E-state index contributed by atoms with van der Waals surface area (Å²) in [5, 5.41) is 17.7. The number of aromatic nitrogens is 4. The van der Waals surface area contributed by atoms with Crippen LogP contribution in [0.25, 0.3) is 0 Å². The molecule has 3 aromatic rings. The predicted octanol–water partition coefficient (Wildman–Crippen LogP) is 3.29. The van der Waals surface area contributed by atoms with Gasteiger partial charge in [-0.05, 0) is 30.5 Å². The number of aryl methyl sites for hydroxylation is 2. The van der Waals surface area contributed by atoms with E-state index in [1.807, 2.05) is 12.1 Å². The van der Waals surface area contributed by atoms with Crippen LogP contribution in [0.2, 0.25) is 0 Å². The molecule has 0 saturated carbocycles. The van der Waals surface area contributed by atoms with Gasteiger partial charge in [-0.25, -0.2) is 9.67 Å². The second-order valence-electron chi connectivity index (χ2n) is 5.22. The van der Waals surface area contributed by atoms with Crippen LogP contribution in [-0.4, -0.2) is 25.1 Å². The Labute approximate surface area is 139 Å². The Morgan fingerprint density at radius 2 is 1.83 bits per heavy atom. The summed E-state index contributed by atoms with van der Waals surface area (Å²) in [6.07, 6.45) is -1.34. The topological polar surface area (TPSA) is 63.8 Å². The molecule has 1 N–H and O–H groups in total. The molecule has 0 atom stereocenters. The lowest BCUT2D eigenvalue weighted by Crippen LogP contribution is -2.06. The summed E-state index contributed by atoms with van der Waals surface area (Å²) < 4.78 is 39.1. The number of benzene rings is 1. The molecule has 0 radical (unpaired) electrons. The molecule has 0 spiro atoms. The third kappa shape index (κ3) is 4.10. The van der Waals surface area contributed by atoms with Crippen LogP contribution in [0, 0.1) is 0 Å². The van der Waals surface area contributed by atoms with E-state index in [2.05, 4.69) is 15.3 Å². The fraction of sp³-hybridized carbons (Fsp3) is 0.267. The van der Waals surface area contributed by atoms with Gasteiger partial charge < -0.3 is 5.11 Å². The third-order valence-corrected chi connectivity index (χ3v) is 4.25. The maximum absolute atomic E-state index is 12.5. The van der Waals surface area contributed by atoms with Gasteiger partial charge >= 0.3 is 6.18 Å². The van der Waals surface area contributed by atoms with Crippen LogP contribution in [0.5, 0.6) is 5.75 Å². The minimum Gasteiger partial charge on any atom is -0.508 e. The molecule has 0 aliphatic carbocycles. The van der Waals surface area contributed by atoms with Crippen molar-refractivity contribution in [2.24, 2.45) is 0 Å². The molecule has 2 heterocycles. The number of alkyl halides is 3. The van der Waals surface area contributed by atoms with Crippen molar-refractivity contribution in [3.63, 3.8) is 0 Å². The average Bonchev–Trinajstić information content (AvgIpc) is 3.16. The van der Waals surface area contributed by atoms with Gasteiger partial charge in [-0.3, -0.25) is 0 Å². The van der Waals surface area contributed by atoms with Crippen molar-refractivity contribution < 1.29 is 18.3 Å². The highest BCUT2D eigenvalue weighted by Crippen LogP contribution is 2.31. The van der Waals surface area contributed by atoms with Crippen molar-refractivity contribution in [3.05, 3.63) is 57.8 Å². The van der Waals surface area contributed by atoms with E-state index in [1.165, 1.54) is 10.1 Å². The van der Waals surface area contributed by atoms with Crippen LogP contribution in [0.4, 0.5) is 13.2 Å². The maximum atomic E-state index is 12.5. The lowest BCUT2D eigenvalue weighted by molar-refractivity contribution is -0.137. The zero-order valence-electron chi connectivity index (χ0n) is 12.4. The Bertz CT molecular complexity index is 811. The first-order valence-electron chi connectivity index (χ1n) is 7.09. The van der Waals surface area contributed by atoms with E-state index in [4.69, 9.17) is 0 Å². The second-order valence-corrected chi connectivity index (χ2v) is 6.07. The summed E-state index contributed by atoms with van der Waals surface area (Å²) in [6, 6.07) is 6.89. The lowest BCUT2D eigenvalue weighted by Gasteiger charge is -2.00. The van der Waals surface area contributed by atoms with Crippen LogP contribution < -0.4 is 0 Å². The second kappa shape index (κ2) is 6.60. The predicted molar refractivity (Wildman–Crippen MR) is 81.8 cm³/mol. The molecule has 24 heavy (non-hydrogen) atoms. The van der Waals surface area contributed by atoms with E-state index in [-0.39, 0.29) is 12.3 Å². The van der Waals surface area contributed by atoms with Crippen molar-refractivity contribution in [1.82, 2.24) is 20.0 Å². The molecule has 3 rings (SSSR count). The fourth-order valence-electron chi connectivity index (χ4n) is 2.14. The van der Waals surface area contributed by atoms with Gasteiger partial charge in [0, 0.05) is 11.6 Å². The Kier molecular flexibility index (Phi) is 4.52. The molecule has 1 aromatic carbocycles. The van der Waals surface area contributed by atoms with Crippen molar-refractivity contribution >= 4 is 11.3 Å². The number of halogens is 3. The zero-order valence-corrected chi connectivity index (χ0v) is 13.2. The van der Waals surface area contributed by atoms with Crippen molar-refractivity contribution in [3.8, 4) is 5.75 Å². The van der Waals surface area contributed by atoms with E-state index >= 15 is 0 Å². The van der Waals surface area contributed by atoms with Crippen LogP contribution in [0.1, 0.15) is 22.0 Å². The molecule has 0 saturated heterocycles. The molecule has 0 amide bonds. The van der Waals surface area contributed by atoms with Gasteiger partial charge in [0.25, 0.3) is 0 Å². The molecule has 9 heteroatoms. The largest absolute Gasteiger partial charge is 0.508 e. The first-order valence-corrected chi connectivity index (χ1v) is 7.96. The Hall–Kier alpha value is -2.42. The SMILES string of the molecule is Oc1ccc(CCc2cn(Cc3csc(C(F)(F)F)n3)nn2)cc1. The molecule has 126 valence electrons. The van der Waals surface area contributed by atoms with Crippen molar-refractivity contribution in [2.45, 2.75) is 25.6 Å². The summed E-state index contributed by atoms with van der Waals surface area (Å²) in [4.78, 5) is 3.57. The quantitative estimate of drug-likeness (QED) is 0.764. The fourth-order valence-corrected chi connectivity index (χ4v) is 2.82. The maximum Gasteiger partial charge on any atom is 0.443 e. The van der Waals surface area contributed by atoms with Crippen molar-refractivity contribution in [1.29, 1.82) is 0 Å². The highest BCUT2D eigenvalue weighted by atomic mass is 32.1. The van der Waals surface area contributed by atoms with Gasteiger partial charge in [-0.1, -0.05) is 17.3 Å². The standard InChI is InChI=1S/C15H13F3N4OS/c16-15(17,18)14-19-12(9-24-14)8-22-7-11(20-21-22)4-1-10-2-5-13(23)6-3-10/h2-3,5-7,9,23H,1,4,8H2. The van der Waals surface area contributed by atoms with Gasteiger partial charge in [0.1, 0.15) is 5.75 Å². The Morgan fingerprint density at radius 3 is 2.50 bits per heavy atom. The number of aromatic hydroxyl groups is 1. The molecule has 0 fully saturated rings. The number of hydrogen-bond donors (Lipinski definition) is 1. The highest BCUT2D eigenvalue weighted by Gasteiger charge is 2.34. The molecule has 5 nitrogen and oxygen atoms in total. The molecular weight excluding hydrogens is 341 g/mol. The highest BCUT2D eigenvalue weighted by molar-refractivity contribution is 7.09. The molecular formula is C15H13F3N4OS. The third-order valence-electron chi connectivity index (χ3n) is 3.31. The number of rotatable bonds is 5. The smallest absolute Gasteiger partial charge is 0.443 e. The van der Waals surface area contributed by atoms with E-state index in [1.54, 1.807) is 18.3 Å². The van der Waals surface area contributed by atoms with Crippen LogP contribution in [-0.2, 0) is 25.6 Å². The normalized spacial score (nSPS) is 11.8.